The first-order valence-corrected chi connectivity index (χ1v) is 7.84. The predicted octanol–water partition coefficient (Wildman–Crippen LogP) is 5.04. The summed E-state index contributed by atoms with van der Waals surface area (Å²) in [5.74, 6) is 0.868. The number of hydrogen-bond donors (Lipinski definition) is 1. The third-order valence-electron chi connectivity index (χ3n) is 3.47. The molecule has 0 aliphatic heterocycles. The summed E-state index contributed by atoms with van der Waals surface area (Å²) in [5, 5.41) is 4.48. The van der Waals surface area contributed by atoms with Crippen LogP contribution in [0.3, 0.4) is 0 Å². The third-order valence-corrected chi connectivity index (χ3v) is 4.42. The van der Waals surface area contributed by atoms with Gasteiger partial charge in [-0.3, -0.25) is 0 Å². The van der Waals surface area contributed by atoms with Crippen LogP contribution in [0.1, 0.15) is 31.2 Å². The van der Waals surface area contributed by atoms with Crippen LogP contribution in [0.4, 0.5) is 11.5 Å². The van der Waals surface area contributed by atoms with E-state index < -0.39 is 0 Å². The van der Waals surface area contributed by atoms with Crippen molar-refractivity contribution < 1.29 is 0 Å². The van der Waals surface area contributed by atoms with E-state index >= 15 is 0 Å². The van der Waals surface area contributed by atoms with Gasteiger partial charge in [-0.15, -0.1) is 11.3 Å². The van der Waals surface area contributed by atoms with Crippen LogP contribution >= 0.6 is 11.3 Å². The zero-order chi connectivity index (χ0) is 15.0. The molecule has 0 saturated carbocycles. The number of nitrogens with zero attached hydrogens (tertiary/aromatic N) is 2. The number of aryl methyl sites for hydroxylation is 1. The zero-order valence-corrected chi connectivity index (χ0v) is 13.6. The Bertz CT molecular complexity index is 767. The number of fused-ring (bicyclic) bond motifs is 1. The minimum Gasteiger partial charge on any atom is -0.340 e. The SMILES string of the molecule is Cc1cc2c(Nc3ccc(C(C)(C)C)cc3)ncnc2s1. The second kappa shape index (κ2) is 5.11. The number of thiophene rings is 1. The molecule has 4 heteroatoms. The lowest BCUT2D eigenvalue weighted by Crippen LogP contribution is -2.10. The van der Waals surface area contributed by atoms with Crippen LogP contribution in [0.25, 0.3) is 10.2 Å². The van der Waals surface area contributed by atoms with Gasteiger partial charge in [0.2, 0.25) is 0 Å². The molecule has 2 heterocycles. The third kappa shape index (κ3) is 2.90. The van der Waals surface area contributed by atoms with Crippen molar-refractivity contribution in [2.24, 2.45) is 0 Å². The highest BCUT2D eigenvalue weighted by molar-refractivity contribution is 7.18. The topological polar surface area (TPSA) is 37.8 Å². The molecule has 0 saturated heterocycles. The van der Waals surface area contributed by atoms with E-state index in [2.05, 4.69) is 73.3 Å². The van der Waals surface area contributed by atoms with Crippen LogP contribution in [0.15, 0.2) is 36.7 Å². The van der Waals surface area contributed by atoms with Crippen LogP contribution in [0, 0.1) is 6.92 Å². The highest BCUT2D eigenvalue weighted by atomic mass is 32.1. The lowest BCUT2D eigenvalue weighted by molar-refractivity contribution is 0.590. The molecule has 2 aromatic heterocycles. The van der Waals surface area contributed by atoms with E-state index in [0.29, 0.717) is 0 Å². The van der Waals surface area contributed by atoms with Crippen LogP contribution in [0.2, 0.25) is 0 Å². The van der Waals surface area contributed by atoms with Crippen molar-refractivity contribution in [2.45, 2.75) is 33.1 Å². The Balaban J connectivity index is 1.92. The molecular formula is C17H19N3S. The fourth-order valence-electron chi connectivity index (χ4n) is 2.27. The zero-order valence-electron chi connectivity index (χ0n) is 12.8. The largest absolute Gasteiger partial charge is 0.340 e. The van der Waals surface area contributed by atoms with Gasteiger partial charge in [-0.2, -0.15) is 0 Å². The highest BCUT2D eigenvalue weighted by Gasteiger charge is 2.13. The summed E-state index contributed by atoms with van der Waals surface area (Å²) < 4.78 is 0. The van der Waals surface area contributed by atoms with Crippen molar-refractivity contribution in [1.29, 1.82) is 0 Å². The summed E-state index contributed by atoms with van der Waals surface area (Å²) in [6.07, 6.45) is 1.62. The smallest absolute Gasteiger partial charge is 0.142 e. The molecule has 3 aromatic rings. The monoisotopic (exact) mass is 297 g/mol. The Morgan fingerprint density at radius 3 is 2.43 bits per heavy atom. The summed E-state index contributed by atoms with van der Waals surface area (Å²) >= 11 is 1.69. The van der Waals surface area contributed by atoms with Gasteiger partial charge >= 0.3 is 0 Å². The average Bonchev–Trinajstić information content (AvgIpc) is 2.80. The van der Waals surface area contributed by atoms with Gasteiger partial charge in [0.1, 0.15) is 17.0 Å². The van der Waals surface area contributed by atoms with Crippen LogP contribution < -0.4 is 5.32 Å². The van der Waals surface area contributed by atoms with E-state index in [-0.39, 0.29) is 5.41 Å². The van der Waals surface area contributed by atoms with E-state index in [1.165, 1.54) is 10.4 Å². The lowest BCUT2D eigenvalue weighted by atomic mass is 9.87. The van der Waals surface area contributed by atoms with E-state index in [0.717, 1.165) is 21.7 Å². The Hall–Kier alpha value is -1.94. The van der Waals surface area contributed by atoms with E-state index in [9.17, 15) is 0 Å². The normalized spacial score (nSPS) is 11.8. The van der Waals surface area contributed by atoms with Crippen molar-refractivity contribution in [1.82, 2.24) is 9.97 Å². The molecule has 0 fully saturated rings. The fourth-order valence-corrected chi connectivity index (χ4v) is 3.11. The minimum absolute atomic E-state index is 0.172. The summed E-state index contributed by atoms with van der Waals surface area (Å²) in [5.41, 5.74) is 2.55. The molecule has 1 aromatic carbocycles. The first-order valence-electron chi connectivity index (χ1n) is 7.02. The summed E-state index contributed by atoms with van der Waals surface area (Å²) in [6.45, 7) is 8.75. The van der Waals surface area contributed by atoms with Gasteiger partial charge < -0.3 is 5.32 Å². The van der Waals surface area contributed by atoms with Gasteiger partial charge in [0, 0.05) is 10.6 Å². The molecule has 1 N–H and O–H groups in total. The summed E-state index contributed by atoms with van der Waals surface area (Å²) in [7, 11) is 0. The highest BCUT2D eigenvalue weighted by Crippen LogP contribution is 2.30. The minimum atomic E-state index is 0.172. The Labute approximate surface area is 129 Å². The Morgan fingerprint density at radius 1 is 1.05 bits per heavy atom. The lowest BCUT2D eigenvalue weighted by Gasteiger charge is -2.19. The fraction of sp³-hybridized carbons (Fsp3) is 0.294. The average molecular weight is 297 g/mol. The Morgan fingerprint density at radius 2 is 1.76 bits per heavy atom. The van der Waals surface area contributed by atoms with Crippen molar-refractivity contribution in [2.75, 3.05) is 5.32 Å². The van der Waals surface area contributed by atoms with E-state index in [1.807, 2.05) is 0 Å². The molecular weight excluding hydrogens is 278 g/mol. The van der Waals surface area contributed by atoms with Crippen molar-refractivity contribution in [3.8, 4) is 0 Å². The molecule has 0 unspecified atom stereocenters. The van der Waals surface area contributed by atoms with Gasteiger partial charge in [0.05, 0.1) is 5.39 Å². The summed E-state index contributed by atoms with van der Waals surface area (Å²) in [6, 6.07) is 10.7. The van der Waals surface area contributed by atoms with E-state index in [1.54, 1.807) is 17.7 Å². The molecule has 21 heavy (non-hydrogen) atoms. The maximum Gasteiger partial charge on any atom is 0.142 e. The maximum absolute atomic E-state index is 4.37. The number of hydrogen-bond acceptors (Lipinski definition) is 4. The molecule has 3 nitrogen and oxygen atoms in total. The molecule has 0 radical (unpaired) electrons. The van der Waals surface area contributed by atoms with Crippen LogP contribution in [-0.4, -0.2) is 9.97 Å². The van der Waals surface area contributed by atoms with Crippen molar-refractivity contribution >= 4 is 33.1 Å². The second-order valence-electron chi connectivity index (χ2n) is 6.25. The Kier molecular flexibility index (Phi) is 3.41. The molecule has 0 amide bonds. The van der Waals surface area contributed by atoms with Crippen LogP contribution in [-0.2, 0) is 5.41 Å². The quantitative estimate of drug-likeness (QED) is 0.720. The van der Waals surface area contributed by atoms with Gasteiger partial charge in [0.15, 0.2) is 0 Å². The van der Waals surface area contributed by atoms with Gasteiger partial charge in [-0.25, -0.2) is 9.97 Å². The molecule has 0 aliphatic carbocycles. The molecule has 3 rings (SSSR count). The van der Waals surface area contributed by atoms with Gasteiger partial charge in [-0.1, -0.05) is 32.9 Å². The van der Waals surface area contributed by atoms with Crippen molar-refractivity contribution in [3.63, 3.8) is 0 Å². The van der Waals surface area contributed by atoms with E-state index in [4.69, 9.17) is 0 Å². The first-order chi connectivity index (χ1) is 9.93. The number of rotatable bonds is 2. The van der Waals surface area contributed by atoms with Gasteiger partial charge in [0.25, 0.3) is 0 Å². The first kappa shape index (κ1) is 14.0. The number of nitrogens with one attached hydrogen (secondary N) is 1. The molecule has 0 atom stereocenters. The van der Waals surface area contributed by atoms with Gasteiger partial charge in [-0.05, 0) is 36.1 Å². The summed E-state index contributed by atoms with van der Waals surface area (Å²) in [4.78, 5) is 11.0. The number of benzene rings is 1. The second-order valence-corrected chi connectivity index (χ2v) is 7.49. The standard InChI is InChI=1S/C17H19N3S/c1-11-9-14-15(18-10-19-16(14)21-11)20-13-7-5-12(6-8-13)17(2,3)4/h5-10H,1-4H3,(H,18,19,20). The molecule has 0 bridgehead atoms. The molecule has 0 spiro atoms. The number of aromatic nitrogens is 2. The number of anilines is 2. The van der Waals surface area contributed by atoms with Crippen molar-refractivity contribution in [3.05, 3.63) is 47.1 Å². The maximum atomic E-state index is 4.37. The molecule has 108 valence electrons. The molecule has 0 aliphatic rings. The van der Waals surface area contributed by atoms with Crippen LogP contribution in [0.5, 0.6) is 0 Å². The predicted molar refractivity (Wildman–Crippen MR) is 90.6 cm³/mol.